The lowest BCUT2D eigenvalue weighted by Gasteiger charge is -2.29. The van der Waals surface area contributed by atoms with E-state index in [-0.39, 0.29) is 69.2 Å². The zero-order valence-electron chi connectivity index (χ0n) is 26.5. The first-order chi connectivity index (χ1) is 24.2. The number of ether oxygens (including phenoxy) is 2. The Morgan fingerprint density at radius 2 is 1.80 bits per heavy atom. The van der Waals surface area contributed by atoms with Crippen LogP contribution in [0.2, 0.25) is 0 Å². The number of piperidine rings is 1. The van der Waals surface area contributed by atoms with Gasteiger partial charge in [0.05, 0.1) is 30.0 Å². The van der Waals surface area contributed by atoms with Gasteiger partial charge < -0.3 is 19.5 Å². The van der Waals surface area contributed by atoms with Gasteiger partial charge in [0.2, 0.25) is 11.8 Å². The highest BCUT2D eigenvalue weighted by Gasteiger charge is 2.39. The van der Waals surface area contributed by atoms with Gasteiger partial charge in [-0.25, -0.2) is 19.2 Å². The van der Waals surface area contributed by atoms with Crippen molar-refractivity contribution in [3.63, 3.8) is 0 Å². The Kier molecular flexibility index (Phi) is 9.19. The summed E-state index contributed by atoms with van der Waals surface area (Å²) >= 11 is 1.41. The third kappa shape index (κ3) is 6.88. The number of thiazole rings is 1. The number of anilines is 1. The van der Waals surface area contributed by atoms with E-state index in [0.29, 0.717) is 11.3 Å². The molecule has 12 nitrogen and oxygen atoms in total. The van der Waals surface area contributed by atoms with Gasteiger partial charge in [0.25, 0.3) is 5.91 Å². The summed E-state index contributed by atoms with van der Waals surface area (Å²) in [5.41, 5.74) is 4.49. The molecule has 0 bridgehead atoms. The number of hydrogen-bond donors (Lipinski definition) is 2. The van der Waals surface area contributed by atoms with E-state index in [4.69, 9.17) is 9.47 Å². The lowest BCUT2D eigenvalue weighted by atomic mass is 10.0. The van der Waals surface area contributed by atoms with Gasteiger partial charge in [-0.1, -0.05) is 24.3 Å². The lowest BCUT2D eigenvalue weighted by molar-refractivity contribution is -0.136. The summed E-state index contributed by atoms with van der Waals surface area (Å²) in [7, 11) is 0. The number of carbonyl (C=O) groups excluding carboxylic acids is 3. The maximum absolute atomic E-state index is 13.6. The quantitative estimate of drug-likeness (QED) is 0.135. The molecule has 0 saturated carbocycles. The molecule has 0 spiro atoms. The van der Waals surface area contributed by atoms with Gasteiger partial charge >= 0.3 is 6.09 Å². The average Bonchev–Trinajstić information content (AvgIpc) is 3.68. The van der Waals surface area contributed by atoms with Crippen LogP contribution in [0.25, 0.3) is 31.9 Å². The first-order valence-electron chi connectivity index (χ1n) is 15.8. The highest BCUT2D eigenvalue weighted by molar-refractivity contribution is 7.21. The smallest absolute Gasteiger partial charge is 0.413 e. The second-order valence-electron chi connectivity index (χ2n) is 11.7. The molecule has 2 aliphatic rings. The second-order valence-corrected chi connectivity index (χ2v) is 12.8. The van der Waals surface area contributed by atoms with E-state index in [1.807, 2.05) is 24.3 Å². The van der Waals surface area contributed by atoms with E-state index < -0.39 is 18.0 Å². The summed E-state index contributed by atoms with van der Waals surface area (Å²) in [6.07, 6.45) is 0.860. The fourth-order valence-electron chi connectivity index (χ4n) is 6.00. The van der Waals surface area contributed by atoms with Crippen LogP contribution in [0.1, 0.15) is 28.8 Å². The van der Waals surface area contributed by atoms with Crippen LogP contribution in [-0.2, 0) is 20.9 Å². The van der Waals surface area contributed by atoms with E-state index in [1.54, 1.807) is 42.6 Å². The number of pyridine rings is 1. The van der Waals surface area contributed by atoms with Crippen molar-refractivity contribution < 1.29 is 38.1 Å². The summed E-state index contributed by atoms with van der Waals surface area (Å²) in [5.74, 6) is -0.577. The SMILES string of the molecule is O=C1CCC(N2Cc3cc(OCCOCCN(C(=O)O)c4cc(-c5ccc(-c6nc7ccc(F)cc7s6)cc5)ccn4)ccc3C2=O)C(=O)N1. The minimum Gasteiger partial charge on any atom is -0.491 e. The molecule has 14 heteroatoms. The fourth-order valence-corrected chi connectivity index (χ4v) is 6.99. The number of benzene rings is 3. The second kappa shape index (κ2) is 14.0. The topological polar surface area (TPSA) is 151 Å². The number of imide groups is 1. The van der Waals surface area contributed by atoms with E-state index in [9.17, 15) is 28.7 Å². The van der Waals surface area contributed by atoms with Crippen molar-refractivity contribution in [3.05, 3.63) is 95.9 Å². The van der Waals surface area contributed by atoms with Gasteiger partial charge in [-0.05, 0) is 71.6 Å². The molecule has 1 fully saturated rings. The molecule has 1 saturated heterocycles. The Bertz CT molecular complexity index is 2120. The number of rotatable bonds is 11. The Labute approximate surface area is 289 Å². The third-order valence-corrected chi connectivity index (χ3v) is 9.59. The third-order valence-electron chi connectivity index (χ3n) is 8.52. The number of halogens is 1. The molecule has 2 aromatic heterocycles. The Hall–Kier alpha value is -5.73. The van der Waals surface area contributed by atoms with Gasteiger partial charge in [0.1, 0.15) is 35.0 Å². The number of carbonyl (C=O) groups is 4. The van der Waals surface area contributed by atoms with Crippen LogP contribution in [0.3, 0.4) is 0 Å². The van der Waals surface area contributed by atoms with E-state index >= 15 is 0 Å². The van der Waals surface area contributed by atoms with Crippen LogP contribution in [0, 0.1) is 5.82 Å². The number of hydrogen-bond acceptors (Lipinski definition) is 9. The first kappa shape index (κ1) is 32.8. The standard InChI is InChI=1S/C36H30FN5O7S/c37-25-5-8-28-30(19-25)50-34(39-28)22-3-1-21(2-4-22)23-11-12-38-31(18-23)41(36(46)47)13-14-48-15-16-49-26-6-7-27-24(17-26)20-42(35(27)45)29-9-10-32(43)40-33(29)44/h1-8,11-12,17-19,29H,9-10,13-16,20H2,(H,46,47)(H,40,43,44). The van der Waals surface area contributed by atoms with E-state index in [1.165, 1.54) is 28.4 Å². The normalized spacial score (nSPS) is 15.7. The van der Waals surface area contributed by atoms with Crippen LogP contribution in [0.4, 0.5) is 15.0 Å². The largest absolute Gasteiger partial charge is 0.491 e. The van der Waals surface area contributed by atoms with Crippen molar-refractivity contribution in [2.45, 2.75) is 25.4 Å². The number of fused-ring (bicyclic) bond motifs is 2. The molecular weight excluding hydrogens is 665 g/mol. The Morgan fingerprint density at radius 3 is 2.60 bits per heavy atom. The number of carboxylic acid groups (broad SMARTS) is 1. The lowest BCUT2D eigenvalue weighted by Crippen LogP contribution is -2.52. The van der Waals surface area contributed by atoms with Crippen LogP contribution >= 0.6 is 11.3 Å². The number of amides is 4. The monoisotopic (exact) mass is 695 g/mol. The molecule has 5 aromatic rings. The van der Waals surface area contributed by atoms with Gasteiger partial charge in [-0.2, -0.15) is 0 Å². The molecule has 0 radical (unpaired) electrons. The number of nitrogens with one attached hydrogen (secondary N) is 1. The fraction of sp³-hybridized carbons (Fsp3) is 0.222. The summed E-state index contributed by atoms with van der Waals surface area (Å²) < 4.78 is 25.9. The molecule has 3 aromatic carbocycles. The Balaban J connectivity index is 0.907. The van der Waals surface area contributed by atoms with Crippen LogP contribution in [0.5, 0.6) is 5.75 Å². The molecule has 7 rings (SSSR count). The van der Waals surface area contributed by atoms with Crippen LogP contribution in [-0.4, -0.2) is 76.2 Å². The van der Waals surface area contributed by atoms with Crippen molar-refractivity contribution in [1.82, 2.24) is 20.2 Å². The predicted molar refractivity (Wildman–Crippen MR) is 182 cm³/mol. The number of aromatic nitrogens is 2. The van der Waals surface area contributed by atoms with Crippen molar-refractivity contribution in [2.75, 3.05) is 31.3 Å². The van der Waals surface area contributed by atoms with Crippen molar-refractivity contribution in [1.29, 1.82) is 0 Å². The molecule has 1 atom stereocenters. The summed E-state index contributed by atoms with van der Waals surface area (Å²) in [6, 6.07) is 20.1. The zero-order valence-corrected chi connectivity index (χ0v) is 27.3. The predicted octanol–water partition coefficient (Wildman–Crippen LogP) is 5.51. The van der Waals surface area contributed by atoms with Gasteiger partial charge in [0.15, 0.2) is 0 Å². The summed E-state index contributed by atoms with van der Waals surface area (Å²) in [6.45, 7) is 0.763. The molecule has 0 aliphatic carbocycles. The molecule has 4 heterocycles. The summed E-state index contributed by atoms with van der Waals surface area (Å²) in [4.78, 5) is 60.3. The minimum atomic E-state index is -1.17. The van der Waals surface area contributed by atoms with Gasteiger partial charge in [-0.3, -0.25) is 24.6 Å². The molecular formula is C36H30FN5O7S. The molecule has 2 aliphatic heterocycles. The molecule has 254 valence electrons. The summed E-state index contributed by atoms with van der Waals surface area (Å²) in [5, 5.41) is 13.0. The maximum Gasteiger partial charge on any atom is 0.413 e. The Morgan fingerprint density at radius 1 is 0.980 bits per heavy atom. The van der Waals surface area contributed by atoms with Crippen LogP contribution in [0.15, 0.2) is 79.0 Å². The highest BCUT2D eigenvalue weighted by atomic mass is 32.1. The minimum absolute atomic E-state index is 0.0417. The zero-order chi connectivity index (χ0) is 34.8. The van der Waals surface area contributed by atoms with E-state index in [2.05, 4.69) is 15.3 Å². The average molecular weight is 696 g/mol. The molecule has 4 amide bonds. The number of nitrogens with zero attached hydrogens (tertiary/aromatic N) is 4. The maximum atomic E-state index is 13.6. The first-order valence-corrected chi connectivity index (χ1v) is 16.7. The van der Waals surface area contributed by atoms with E-state index in [0.717, 1.165) is 42.4 Å². The molecule has 2 N–H and O–H groups in total. The van der Waals surface area contributed by atoms with Gasteiger partial charge in [0, 0.05) is 30.3 Å². The van der Waals surface area contributed by atoms with Crippen LogP contribution < -0.4 is 15.0 Å². The highest BCUT2D eigenvalue weighted by Crippen LogP contribution is 2.33. The molecule has 1 unspecified atom stereocenters. The van der Waals surface area contributed by atoms with Crippen molar-refractivity contribution in [2.24, 2.45) is 0 Å². The van der Waals surface area contributed by atoms with Gasteiger partial charge in [-0.15, -0.1) is 11.3 Å². The van der Waals surface area contributed by atoms with Crippen molar-refractivity contribution in [3.8, 4) is 27.4 Å². The molecule has 50 heavy (non-hydrogen) atoms. The van der Waals surface area contributed by atoms with Crippen molar-refractivity contribution >= 4 is 51.2 Å².